The van der Waals surface area contributed by atoms with Crippen molar-refractivity contribution >= 4 is 11.8 Å². The SMILES string of the molecule is N/C(=C\N(N)C(CC(=O)NO)CN1CCc2ccccc2C1)CNC(=O)c1ccc(F)c(F)c1. The Labute approximate surface area is 195 Å². The van der Waals surface area contributed by atoms with Crippen LogP contribution in [-0.4, -0.2) is 52.6 Å². The lowest BCUT2D eigenvalue weighted by Crippen LogP contribution is -2.48. The summed E-state index contributed by atoms with van der Waals surface area (Å²) in [7, 11) is 0. The second-order valence-electron chi connectivity index (χ2n) is 8.11. The first-order valence-corrected chi connectivity index (χ1v) is 10.7. The van der Waals surface area contributed by atoms with Crippen LogP contribution in [0.2, 0.25) is 0 Å². The van der Waals surface area contributed by atoms with Crippen molar-refractivity contribution in [3.05, 3.63) is 82.7 Å². The monoisotopic (exact) mass is 474 g/mol. The number of amides is 2. The predicted molar refractivity (Wildman–Crippen MR) is 121 cm³/mol. The number of nitrogens with two attached hydrogens (primary N) is 2. The van der Waals surface area contributed by atoms with E-state index in [1.54, 1.807) is 5.48 Å². The molecule has 0 saturated heterocycles. The average molecular weight is 475 g/mol. The van der Waals surface area contributed by atoms with E-state index < -0.39 is 29.5 Å². The van der Waals surface area contributed by atoms with Gasteiger partial charge in [-0.05, 0) is 35.7 Å². The molecule has 7 N–H and O–H groups in total. The van der Waals surface area contributed by atoms with Gasteiger partial charge in [0.1, 0.15) is 0 Å². The van der Waals surface area contributed by atoms with Crippen LogP contribution in [0.1, 0.15) is 27.9 Å². The van der Waals surface area contributed by atoms with Crippen molar-refractivity contribution in [1.82, 2.24) is 20.7 Å². The van der Waals surface area contributed by atoms with Gasteiger partial charge in [-0.15, -0.1) is 0 Å². The van der Waals surface area contributed by atoms with Gasteiger partial charge in [-0.1, -0.05) is 24.3 Å². The van der Waals surface area contributed by atoms with Crippen LogP contribution in [0.4, 0.5) is 8.78 Å². The molecule has 1 heterocycles. The van der Waals surface area contributed by atoms with Crippen molar-refractivity contribution < 1.29 is 23.6 Å². The summed E-state index contributed by atoms with van der Waals surface area (Å²) in [5.41, 5.74) is 10.2. The maximum atomic E-state index is 13.3. The minimum absolute atomic E-state index is 0.0563. The van der Waals surface area contributed by atoms with Gasteiger partial charge >= 0.3 is 0 Å². The fourth-order valence-electron chi connectivity index (χ4n) is 3.80. The first-order chi connectivity index (χ1) is 16.3. The first kappa shape index (κ1) is 25.1. The Kier molecular flexibility index (Phi) is 8.52. The van der Waals surface area contributed by atoms with Crippen LogP contribution >= 0.6 is 0 Å². The smallest absolute Gasteiger partial charge is 0.251 e. The van der Waals surface area contributed by atoms with Crippen LogP contribution in [0.5, 0.6) is 0 Å². The van der Waals surface area contributed by atoms with Crippen molar-refractivity contribution in [3.63, 3.8) is 0 Å². The molecule has 0 aliphatic carbocycles. The Morgan fingerprint density at radius 3 is 2.62 bits per heavy atom. The lowest BCUT2D eigenvalue weighted by atomic mass is 9.99. The third kappa shape index (κ3) is 6.73. The molecule has 0 fully saturated rings. The number of benzene rings is 2. The number of hydrazine groups is 1. The van der Waals surface area contributed by atoms with E-state index in [4.69, 9.17) is 16.8 Å². The van der Waals surface area contributed by atoms with Crippen molar-refractivity contribution in [1.29, 1.82) is 0 Å². The number of carbonyl (C=O) groups is 2. The van der Waals surface area contributed by atoms with E-state index in [9.17, 15) is 18.4 Å². The van der Waals surface area contributed by atoms with Crippen LogP contribution in [-0.2, 0) is 17.8 Å². The van der Waals surface area contributed by atoms with Crippen molar-refractivity contribution in [3.8, 4) is 0 Å². The van der Waals surface area contributed by atoms with E-state index in [1.807, 2.05) is 12.1 Å². The molecule has 3 rings (SSSR count). The third-order valence-corrected chi connectivity index (χ3v) is 5.60. The van der Waals surface area contributed by atoms with Gasteiger partial charge in [-0.25, -0.2) is 20.1 Å². The first-order valence-electron chi connectivity index (χ1n) is 10.7. The summed E-state index contributed by atoms with van der Waals surface area (Å²) in [6.45, 7) is 1.81. The molecule has 9 nitrogen and oxygen atoms in total. The van der Waals surface area contributed by atoms with E-state index in [0.717, 1.165) is 31.2 Å². The fraction of sp³-hybridized carbons (Fsp3) is 0.304. The zero-order chi connectivity index (χ0) is 24.7. The second kappa shape index (κ2) is 11.5. The number of carbonyl (C=O) groups excluding carboxylic acids is 2. The minimum Gasteiger partial charge on any atom is -0.399 e. The molecule has 11 heteroatoms. The summed E-state index contributed by atoms with van der Waals surface area (Å²) in [4.78, 5) is 26.2. The molecule has 182 valence electrons. The highest BCUT2D eigenvalue weighted by molar-refractivity contribution is 5.94. The van der Waals surface area contributed by atoms with Gasteiger partial charge in [-0.2, -0.15) is 0 Å². The predicted octanol–water partition coefficient (Wildman–Crippen LogP) is 0.993. The highest BCUT2D eigenvalue weighted by Gasteiger charge is 2.24. The highest BCUT2D eigenvalue weighted by Crippen LogP contribution is 2.19. The quantitative estimate of drug-likeness (QED) is 0.208. The van der Waals surface area contributed by atoms with E-state index in [-0.39, 0.29) is 24.2 Å². The number of hydroxylamine groups is 1. The van der Waals surface area contributed by atoms with Crippen LogP contribution < -0.4 is 22.4 Å². The molecule has 0 saturated carbocycles. The Balaban J connectivity index is 1.62. The van der Waals surface area contributed by atoms with Crippen LogP contribution in [0.15, 0.2) is 54.4 Å². The van der Waals surface area contributed by atoms with Gasteiger partial charge in [0.15, 0.2) is 11.6 Å². The molecule has 0 spiro atoms. The van der Waals surface area contributed by atoms with Crippen LogP contribution in [0.25, 0.3) is 0 Å². The zero-order valence-electron chi connectivity index (χ0n) is 18.5. The zero-order valence-corrected chi connectivity index (χ0v) is 18.5. The molecule has 2 amide bonds. The molecule has 0 bridgehead atoms. The largest absolute Gasteiger partial charge is 0.399 e. The van der Waals surface area contributed by atoms with Gasteiger partial charge < -0.3 is 16.1 Å². The molecule has 1 aliphatic heterocycles. The van der Waals surface area contributed by atoms with Gasteiger partial charge in [-0.3, -0.25) is 19.7 Å². The summed E-state index contributed by atoms with van der Waals surface area (Å²) in [5, 5.41) is 12.7. The third-order valence-electron chi connectivity index (χ3n) is 5.60. The fourth-order valence-corrected chi connectivity index (χ4v) is 3.80. The molecular weight excluding hydrogens is 446 g/mol. The molecule has 1 atom stereocenters. The lowest BCUT2D eigenvalue weighted by molar-refractivity contribution is -0.130. The molecule has 1 aliphatic rings. The van der Waals surface area contributed by atoms with Gasteiger partial charge in [0.25, 0.3) is 5.91 Å². The van der Waals surface area contributed by atoms with E-state index in [2.05, 4.69) is 22.3 Å². The van der Waals surface area contributed by atoms with Crippen molar-refractivity contribution in [2.45, 2.75) is 25.4 Å². The number of nitrogens with one attached hydrogen (secondary N) is 2. The normalized spacial score (nSPS) is 14.8. The number of halogens is 2. The van der Waals surface area contributed by atoms with Crippen LogP contribution in [0.3, 0.4) is 0 Å². The highest BCUT2D eigenvalue weighted by atomic mass is 19.2. The summed E-state index contributed by atoms with van der Waals surface area (Å²) in [5.74, 6) is 2.75. The Hall–Kier alpha value is -3.54. The van der Waals surface area contributed by atoms with Crippen LogP contribution in [0, 0.1) is 11.6 Å². The molecule has 2 aromatic carbocycles. The lowest BCUT2D eigenvalue weighted by Gasteiger charge is -2.34. The molecule has 0 radical (unpaired) electrons. The molecular formula is C23H28F2N6O3. The number of rotatable bonds is 9. The van der Waals surface area contributed by atoms with Crippen molar-refractivity contribution in [2.75, 3.05) is 19.6 Å². The Morgan fingerprint density at radius 1 is 1.18 bits per heavy atom. The summed E-state index contributed by atoms with van der Waals surface area (Å²) >= 11 is 0. The minimum atomic E-state index is -1.13. The number of fused-ring (bicyclic) bond motifs is 1. The van der Waals surface area contributed by atoms with Gasteiger partial charge in [0, 0.05) is 37.1 Å². The molecule has 1 unspecified atom stereocenters. The summed E-state index contributed by atoms with van der Waals surface area (Å²) < 4.78 is 26.4. The molecule has 0 aromatic heterocycles. The van der Waals surface area contributed by atoms with E-state index in [0.29, 0.717) is 13.1 Å². The maximum absolute atomic E-state index is 13.3. The average Bonchev–Trinajstić information content (AvgIpc) is 2.83. The Bertz CT molecular complexity index is 1060. The topological polar surface area (TPSA) is 137 Å². The number of hydrogen-bond donors (Lipinski definition) is 5. The van der Waals surface area contributed by atoms with E-state index >= 15 is 0 Å². The summed E-state index contributed by atoms with van der Waals surface area (Å²) in [6, 6.07) is 10.4. The second-order valence-corrected chi connectivity index (χ2v) is 8.11. The molecule has 2 aromatic rings. The summed E-state index contributed by atoms with van der Waals surface area (Å²) in [6.07, 6.45) is 2.17. The van der Waals surface area contributed by atoms with Crippen molar-refractivity contribution in [2.24, 2.45) is 11.6 Å². The standard InChI is InChI=1S/C23H28F2N6O3/c24-20-6-5-16(9-21(20)25)23(33)28-11-18(26)13-31(27)19(10-22(32)29-34)14-30-8-7-15-3-1-2-4-17(15)12-30/h1-6,9,13,19,34H,7-8,10-12,14,26-27H2,(H,28,33)(H,29,32)/b18-13-. The number of hydrogen-bond acceptors (Lipinski definition) is 7. The Morgan fingerprint density at radius 2 is 1.91 bits per heavy atom. The maximum Gasteiger partial charge on any atom is 0.251 e. The van der Waals surface area contributed by atoms with Gasteiger partial charge in [0.05, 0.1) is 19.0 Å². The molecule has 34 heavy (non-hydrogen) atoms. The van der Waals surface area contributed by atoms with E-state index in [1.165, 1.54) is 22.3 Å². The number of nitrogens with zero attached hydrogens (tertiary/aromatic N) is 2. The van der Waals surface area contributed by atoms with Gasteiger partial charge in [0.2, 0.25) is 5.91 Å².